The Morgan fingerprint density at radius 3 is 2.52 bits per heavy atom. The molecule has 0 radical (unpaired) electrons. The zero-order valence-electron chi connectivity index (χ0n) is 16.7. The van der Waals surface area contributed by atoms with Crippen molar-refractivity contribution in [3.8, 4) is 5.75 Å². The van der Waals surface area contributed by atoms with Gasteiger partial charge < -0.3 is 20.7 Å². The van der Waals surface area contributed by atoms with Crippen molar-refractivity contribution in [1.29, 1.82) is 0 Å². The van der Waals surface area contributed by atoms with Gasteiger partial charge in [0.05, 0.1) is 13.1 Å². The summed E-state index contributed by atoms with van der Waals surface area (Å²) in [6.45, 7) is 7.88. The molecule has 2 aromatic carbocycles. The minimum Gasteiger partial charge on any atom is -0.489 e. The van der Waals surface area contributed by atoms with Crippen LogP contribution >= 0.6 is 24.0 Å². The molecule has 0 aliphatic rings. The maximum absolute atomic E-state index is 12.1. The molecular formula is C22H29IN4O2. The van der Waals surface area contributed by atoms with Gasteiger partial charge >= 0.3 is 0 Å². The number of para-hydroxylation sites is 1. The van der Waals surface area contributed by atoms with Crippen molar-refractivity contribution in [3.63, 3.8) is 0 Å². The van der Waals surface area contributed by atoms with Gasteiger partial charge in [0, 0.05) is 18.7 Å². The number of benzene rings is 2. The Hall–Kier alpha value is -2.55. The number of nitrogens with zero attached hydrogens (tertiary/aromatic N) is 1. The summed E-state index contributed by atoms with van der Waals surface area (Å²) in [5, 5.41) is 9.09. The number of carbonyl (C=O) groups is 1. The van der Waals surface area contributed by atoms with Crippen LogP contribution in [0.1, 0.15) is 18.1 Å². The lowest BCUT2D eigenvalue weighted by Gasteiger charge is -2.13. The lowest BCUT2D eigenvalue weighted by Crippen LogP contribution is -2.43. The summed E-state index contributed by atoms with van der Waals surface area (Å²) in [6, 6.07) is 17.6. The van der Waals surface area contributed by atoms with Crippen LogP contribution in [-0.4, -0.2) is 31.6 Å². The number of guanidine groups is 1. The number of hydrogen-bond acceptors (Lipinski definition) is 3. The van der Waals surface area contributed by atoms with E-state index in [2.05, 4.69) is 27.5 Å². The predicted molar refractivity (Wildman–Crippen MR) is 129 cm³/mol. The van der Waals surface area contributed by atoms with Gasteiger partial charge in [-0.3, -0.25) is 4.79 Å². The molecule has 0 saturated carbocycles. The molecule has 0 aliphatic carbocycles. The number of amides is 1. The van der Waals surface area contributed by atoms with Crippen LogP contribution in [-0.2, 0) is 17.9 Å². The van der Waals surface area contributed by atoms with Crippen molar-refractivity contribution in [1.82, 2.24) is 16.0 Å². The zero-order chi connectivity index (χ0) is 20.0. The van der Waals surface area contributed by atoms with Crippen LogP contribution in [0.15, 0.2) is 72.2 Å². The molecule has 7 heteroatoms. The molecule has 0 aromatic heterocycles. The second-order valence-corrected chi connectivity index (χ2v) is 6.02. The Kier molecular flexibility index (Phi) is 12.2. The molecule has 156 valence electrons. The highest BCUT2D eigenvalue weighted by atomic mass is 127. The Morgan fingerprint density at radius 1 is 1.07 bits per heavy atom. The summed E-state index contributed by atoms with van der Waals surface area (Å²) in [7, 11) is 0. The predicted octanol–water partition coefficient (Wildman–Crippen LogP) is 3.24. The van der Waals surface area contributed by atoms with E-state index in [0.717, 1.165) is 16.9 Å². The van der Waals surface area contributed by atoms with Crippen LogP contribution in [0.5, 0.6) is 5.75 Å². The van der Waals surface area contributed by atoms with E-state index < -0.39 is 0 Å². The number of rotatable bonds is 10. The lowest BCUT2D eigenvalue weighted by atomic mass is 10.2. The van der Waals surface area contributed by atoms with Crippen LogP contribution < -0.4 is 20.7 Å². The van der Waals surface area contributed by atoms with Crippen molar-refractivity contribution in [3.05, 3.63) is 78.4 Å². The quantitative estimate of drug-likeness (QED) is 0.200. The monoisotopic (exact) mass is 508 g/mol. The molecular weight excluding hydrogens is 479 g/mol. The average molecular weight is 508 g/mol. The summed E-state index contributed by atoms with van der Waals surface area (Å²) in [5.41, 5.74) is 2.03. The van der Waals surface area contributed by atoms with Crippen LogP contribution in [0.2, 0.25) is 0 Å². The second-order valence-electron chi connectivity index (χ2n) is 6.02. The van der Waals surface area contributed by atoms with Crippen molar-refractivity contribution in [2.45, 2.75) is 20.0 Å². The standard InChI is InChI=1S/C22H28N4O2.HI/c1-3-14-28-20-13-9-8-12-19(20)16-25-22(23-4-2)26-17-21(27)24-15-18-10-6-5-7-11-18;/h3,5-13H,1,4,14-17H2,2H3,(H,24,27)(H2,23,25,26);1H. The minimum atomic E-state index is -0.0934. The lowest BCUT2D eigenvalue weighted by molar-refractivity contribution is -0.120. The van der Waals surface area contributed by atoms with E-state index in [9.17, 15) is 4.79 Å². The van der Waals surface area contributed by atoms with Gasteiger partial charge in [-0.1, -0.05) is 61.2 Å². The molecule has 0 atom stereocenters. The molecule has 1 amide bonds. The third-order valence-corrected chi connectivity index (χ3v) is 3.83. The maximum Gasteiger partial charge on any atom is 0.239 e. The summed E-state index contributed by atoms with van der Waals surface area (Å²) in [5.74, 6) is 1.27. The first-order valence-electron chi connectivity index (χ1n) is 9.37. The fourth-order valence-corrected chi connectivity index (χ4v) is 2.45. The van der Waals surface area contributed by atoms with Crippen LogP contribution in [0.25, 0.3) is 0 Å². The Balaban J connectivity index is 0.00000420. The largest absolute Gasteiger partial charge is 0.489 e. The molecule has 0 unspecified atom stereocenters. The van der Waals surface area contributed by atoms with Crippen LogP contribution in [0, 0.1) is 0 Å². The maximum atomic E-state index is 12.1. The van der Waals surface area contributed by atoms with Gasteiger partial charge in [-0.15, -0.1) is 24.0 Å². The fraction of sp³-hybridized carbons (Fsp3) is 0.273. The first-order chi connectivity index (χ1) is 13.7. The highest BCUT2D eigenvalue weighted by Crippen LogP contribution is 2.18. The first kappa shape index (κ1) is 24.5. The number of hydrogen-bond donors (Lipinski definition) is 3. The molecule has 0 saturated heterocycles. The molecule has 0 aliphatic heterocycles. The normalized spacial score (nSPS) is 10.4. The zero-order valence-corrected chi connectivity index (χ0v) is 19.0. The van der Waals surface area contributed by atoms with Crippen LogP contribution in [0.4, 0.5) is 0 Å². The third kappa shape index (κ3) is 9.47. The van der Waals surface area contributed by atoms with Gasteiger partial charge in [0.1, 0.15) is 12.4 Å². The van der Waals surface area contributed by atoms with E-state index in [0.29, 0.717) is 32.2 Å². The Morgan fingerprint density at radius 2 is 1.79 bits per heavy atom. The van der Waals surface area contributed by atoms with E-state index in [-0.39, 0.29) is 36.4 Å². The molecule has 0 spiro atoms. The number of nitrogens with one attached hydrogen (secondary N) is 3. The van der Waals surface area contributed by atoms with E-state index >= 15 is 0 Å². The third-order valence-electron chi connectivity index (χ3n) is 3.83. The number of halogens is 1. The smallest absolute Gasteiger partial charge is 0.239 e. The molecule has 0 bridgehead atoms. The minimum absolute atomic E-state index is 0. The first-order valence-corrected chi connectivity index (χ1v) is 9.37. The molecule has 29 heavy (non-hydrogen) atoms. The second kappa shape index (κ2) is 14.4. The van der Waals surface area contributed by atoms with E-state index in [1.807, 2.05) is 61.5 Å². The van der Waals surface area contributed by atoms with Crippen molar-refractivity contribution < 1.29 is 9.53 Å². The van der Waals surface area contributed by atoms with E-state index in [1.165, 1.54) is 0 Å². The van der Waals surface area contributed by atoms with Crippen molar-refractivity contribution >= 4 is 35.8 Å². The van der Waals surface area contributed by atoms with Gasteiger partial charge in [0.25, 0.3) is 0 Å². The molecule has 0 heterocycles. The summed E-state index contributed by atoms with van der Waals surface area (Å²) >= 11 is 0. The van der Waals surface area contributed by atoms with Gasteiger partial charge in [-0.25, -0.2) is 4.99 Å². The number of ether oxygens (including phenoxy) is 1. The van der Waals surface area contributed by atoms with E-state index in [4.69, 9.17) is 4.74 Å². The highest BCUT2D eigenvalue weighted by Gasteiger charge is 2.05. The highest BCUT2D eigenvalue weighted by molar-refractivity contribution is 14.0. The number of aliphatic imine (C=N–C) groups is 1. The Bertz CT molecular complexity index is 781. The summed E-state index contributed by atoms with van der Waals surface area (Å²) in [6.07, 6.45) is 1.71. The van der Waals surface area contributed by atoms with Gasteiger partial charge in [0.15, 0.2) is 5.96 Å². The SMILES string of the molecule is C=CCOc1ccccc1CN=C(NCC)NCC(=O)NCc1ccccc1.I. The van der Waals surface area contributed by atoms with E-state index in [1.54, 1.807) is 6.08 Å². The molecule has 2 rings (SSSR count). The van der Waals surface area contributed by atoms with Crippen molar-refractivity contribution in [2.24, 2.45) is 4.99 Å². The van der Waals surface area contributed by atoms with Gasteiger partial charge in [-0.2, -0.15) is 0 Å². The van der Waals surface area contributed by atoms with Gasteiger partial charge in [-0.05, 0) is 18.6 Å². The summed E-state index contributed by atoms with van der Waals surface area (Å²) < 4.78 is 5.66. The Labute approximate surface area is 189 Å². The molecule has 6 nitrogen and oxygen atoms in total. The van der Waals surface area contributed by atoms with Gasteiger partial charge in [0.2, 0.25) is 5.91 Å². The number of carbonyl (C=O) groups excluding carboxylic acids is 1. The molecule has 0 fully saturated rings. The van der Waals surface area contributed by atoms with Crippen LogP contribution in [0.3, 0.4) is 0 Å². The average Bonchev–Trinajstić information content (AvgIpc) is 2.74. The fourth-order valence-electron chi connectivity index (χ4n) is 2.45. The summed E-state index contributed by atoms with van der Waals surface area (Å²) in [4.78, 5) is 16.6. The van der Waals surface area contributed by atoms with Crippen molar-refractivity contribution in [2.75, 3.05) is 19.7 Å². The topological polar surface area (TPSA) is 74.8 Å². The molecule has 2 aromatic rings. The molecule has 3 N–H and O–H groups in total.